The van der Waals surface area contributed by atoms with Crippen molar-refractivity contribution in [2.24, 2.45) is 0 Å². The maximum atomic E-state index is 12.8. The van der Waals surface area contributed by atoms with E-state index in [1.54, 1.807) is 29.4 Å². The standard InChI is InChI=1S/C18H20N6O2.H2S/c1-2-24-7-3-12-9-14(22-15-10-19-5-6-20-15)23-17(16(12)18(24)25)21-13-4-8-26-11-13;/h3,5-7,9-10,13H,2,4,8,11H2,1H3,(H2,20,21,22,23);1H2/t13-;/m0./s1. The van der Waals surface area contributed by atoms with Gasteiger partial charge in [-0.2, -0.15) is 13.5 Å². The third-order valence-corrected chi connectivity index (χ3v) is 4.39. The highest BCUT2D eigenvalue weighted by molar-refractivity contribution is 7.59. The van der Waals surface area contributed by atoms with E-state index < -0.39 is 0 Å². The molecular weight excluding hydrogens is 364 g/mol. The Morgan fingerprint density at radius 1 is 1.33 bits per heavy atom. The van der Waals surface area contributed by atoms with Gasteiger partial charge in [0.05, 0.1) is 24.2 Å². The number of hydrogen-bond donors (Lipinski definition) is 2. The molecule has 4 heterocycles. The fraction of sp³-hybridized carbons (Fsp3) is 0.333. The van der Waals surface area contributed by atoms with Crippen LogP contribution >= 0.6 is 13.5 Å². The zero-order chi connectivity index (χ0) is 17.9. The van der Waals surface area contributed by atoms with Gasteiger partial charge in [0.1, 0.15) is 17.5 Å². The van der Waals surface area contributed by atoms with Gasteiger partial charge >= 0.3 is 0 Å². The quantitative estimate of drug-likeness (QED) is 0.695. The van der Waals surface area contributed by atoms with Crippen LogP contribution in [0.25, 0.3) is 10.8 Å². The van der Waals surface area contributed by atoms with Crippen LogP contribution in [-0.2, 0) is 11.3 Å². The predicted molar refractivity (Wildman–Crippen MR) is 110 cm³/mol. The fourth-order valence-electron chi connectivity index (χ4n) is 3.06. The van der Waals surface area contributed by atoms with Crippen LogP contribution in [0.1, 0.15) is 13.3 Å². The highest BCUT2D eigenvalue weighted by atomic mass is 32.1. The fourth-order valence-corrected chi connectivity index (χ4v) is 3.06. The zero-order valence-electron chi connectivity index (χ0n) is 15.0. The molecule has 0 saturated carbocycles. The van der Waals surface area contributed by atoms with Gasteiger partial charge in [0.25, 0.3) is 5.56 Å². The van der Waals surface area contributed by atoms with Gasteiger partial charge in [0, 0.05) is 31.7 Å². The number of ether oxygens (including phenoxy) is 1. The largest absolute Gasteiger partial charge is 0.379 e. The van der Waals surface area contributed by atoms with Crippen LogP contribution in [-0.4, -0.2) is 38.8 Å². The first-order valence-electron chi connectivity index (χ1n) is 8.66. The normalized spacial score (nSPS) is 16.1. The minimum atomic E-state index is -0.0510. The average molecular weight is 386 g/mol. The Morgan fingerprint density at radius 3 is 2.93 bits per heavy atom. The van der Waals surface area contributed by atoms with Gasteiger partial charge in [-0.05, 0) is 30.9 Å². The van der Waals surface area contributed by atoms with Crippen LogP contribution in [0.4, 0.5) is 17.5 Å². The molecule has 0 amide bonds. The SMILES string of the molecule is CCn1ccc2cc(Nc3cnccn3)nc(N[C@H]3CCOC3)c2c1=O.S. The second kappa shape index (κ2) is 8.36. The van der Waals surface area contributed by atoms with E-state index in [1.807, 2.05) is 19.1 Å². The summed E-state index contributed by atoms with van der Waals surface area (Å²) in [7, 11) is 0. The molecule has 1 fully saturated rings. The van der Waals surface area contributed by atoms with Crippen molar-refractivity contribution in [1.29, 1.82) is 0 Å². The second-order valence-corrected chi connectivity index (χ2v) is 6.15. The van der Waals surface area contributed by atoms with E-state index in [4.69, 9.17) is 4.74 Å². The van der Waals surface area contributed by atoms with Gasteiger partial charge in [-0.3, -0.25) is 9.78 Å². The summed E-state index contributed by atoms with van der Waals surface area (Å²) in [6.45, 7) is 3.88. The number of pyridine rings is 2. The molecule has 0 spiro atoms. The van der Waals surface area contributed by atoms with Crippen molar-refractivity contribution in [3.8, 4) is 0 Å². The molecule has 27 heavy (non-hydrogen) atoms. The van der Waals surface area contributed by atoms with Crippen molar-refractivity contribution >= 4 is 41.7 Å². The molecular formula is C18H22N6O2S. The van der Waals surface area contributed by atoms with Crippen molar-refractivity contribution in [3.63, 3.8) is 0 Å². The number of rotatable bonds is 5. The third-order valence-electron chi connectivity index (χ3n) is 4.39. The van der Waals surface area contributed by atoms with E-state index in [2.05, 4.69) is 25.6 Å². The Morgan fingerprint density at radius 2 is 2.22 bits per heavy atom. The molecule has 0 aromatic carbocycles. The summed E-state index contributed by atoms with van der Waals surface area (Å²) in [6.07, 6.45) is 7.54. The molecule has 0 bridgehead atoms. The molecule has 1 aliphatic heterocycles. The van der Waals surface area contributed by atoms with E-state index in [-0.39, 0.29) is 25.1 Å². The summed E-state index contributed by atoms with van der Waals surface area (Å²) in [4.78, 5) is 25.7. The van der Waals surface area contributed by atoms with E-state index in [0.29, 0.717) is 42.6 Å². The average Bonchev–Trinajstić information content (AvgIpc) is 3.16. The van der Waals surface area contributed by atoms with Crippen LogP contribution in [0.3, 0.4) is 0 Å². The number of fused-ring (bicyclic) bond motifs is 1. The van der Waals surface area contributed by atoms with Gasteiger partial charge in [0.15, 0.2) is 0 Å². The van der Waals surface area contributed by atoms with Gasteiger partial charge in [-0.1, -0.05) is 0 Å². The van der Waals surface area contributed by atoms with Gasteiger partial charge in [0.2, 0.25) is 0 Å². The second-order valence-electron chi connectivity index (χ2n) is 6.15. The Kier molecular flexibility index (Phi) is 5.92. The molecule has 9 heteroatoms. The molecule has 4 rings (SSSR count). The summed E-state index contributed by atoms with van der Waals surface area (Å²) in [5.74, 6) is 1.77. The molecule has 3 aromatic heterocycles. The number of hydrogen-bond acceptors (Lipinski definition) is 7. The van der Waals surface area contributed by atoms with E-state index in [1.165, 1.54) is 0 Å². The van der Waals surface area contributed by atoms with Gasteiger partial charge in [-0.15, -0.1) is 0 Å². The minimum Gasteiger partial charge on any atom is -0.379 e. The van der Waals surface area contributed by atoms with Crippen LogP contribution in [0.5, 0.6) is 0 Å². The molecule has 0 radical (unpaired) electrons. The molecule has 1 atom stereocenters. The Balaban J connectivity index is 0.00000210. The van der Waals surface area contributed by atoms with Crippen LogP contribution in [0.15, 0.2) is 41.7 Å². The Hall–Kier alpha value is -2.65. The summed E-state index contributed by atoms with van der Waals surface area (Å²) in [5, 5.41) is 7.93. The summed E-state index contributed by atoms with van der Waals surface area (Å²) >= 11 is 0. The Labute approximate surface area is 163 Å². The highest BCUT2D eigenvalue weighted by Gasteiger charge is 2.19. The lowest BCUT2D eigenvalue weighted by atomic mass is 10.1. The number of aromatic nitrogens is 4. The number of nitrogens with zero attached hydrogens (tertiary/aromatic N) is 4. The first kappa shape index (κ1) is 19.1. The molecule has 142 valence electrons. The van der Waals surface area contributed by atoms with Crippen LogP contribution < -0.4 is 16.2 Å². The number of nitrogens with one attached hydrogen (secondary N) is 2. The van der Waals surface area contributed by atoms with Crippen molar-refractivity contribution in [3.05, 3.63) is 47.3 Å². The highest BCUT2D eigenvalue weighted by Crippen LogP contribution is 2.25. The van der Waals surface area contributed by atoms with Crippen molar-refractivity contribution in [2.45, 2.75) is 25.9 Å². The maximum absolute atomic E-state index is 12.8. The van der Waals surface area contributed by atoms with Gasteiger partial charge < -0.3 is 19.9 Å². The van der Waals surface area contributed by atoms with Crippen molar-refractivity contribution < 1.29 is 4.74 Å². The molecule has 0 aliphatic carbocycles. The molecule has 8 nitrogen and oxygen atoms in total. The number of anilines is 3. The lowest BCUT2D eigenvalue weighted by Crippen LogP contribution is -2.24. The topological polar surface area (TPSA) is 94.0 Å². The lowest BCUT2D eigenvalue weighted by Gasteiger charge is -2.16. The van der Waals surface area contributed by atoms with E-state index in [0.717, 1.165) is 11.8 Å². The minimum absolute atomic E-state index is 0. The maximum Gasteiger partial charge on any atom is 0.262 e. The van der Waals surface area contributed by atoms with Crippen LogP contribution in [0, 0.1) is 0 Å². The monoisotopic (exact) mass is 386 g/mol. The third kappa shape index (κ3) is 4.04. The van der Waals surface area contributed by atoms with Gasteiger partial charge in [-0.25, -0.2) is 9.97 Å². The Bertz CT molecular complexity index is 973. The molecule has 1 aliphatic rings. The van der Waals surface area contributed by atoms with E-state index >= 15 is 0 Å². The first-order chi connectivity index (χ1) is 12.7. The van der Waals surface area contributed by atoms with E-state index in [9.17, 15) is 4.79 Å². The van der Waals surface area contributed by atoms with Crippen molar-refractivity contribution in [2.75, 3.05) is 23.8 Å². The zero-order valence-corrected chi connectivity index (χ0v) is 16.0. The summed E-state index contributed by atoms with van der Waals surface area (Å²) in [6, 6.07) is 3.93. The van der Waals surface area contributed by atoms with Crippen LogP contribution in [0.2, 0.25) is 0 Å². The number of aryl methyl sites for hydroxylation is 1. The molecule has 0 unspecified atom stereocenters. The summed E-state index contributed by atoms with van der Waals surface area (Å²) in [5.41, 5.74) is -0.0510. The molecule has 3 aromatic rings. The van der Waals surface area contributed by atoms with Crippen molar-refractivity contribution in [1.82, 2.24) is 19.5 Å². The lowest BCUT2D eigenvalue weighted by molar-refractivity contribution is 0.195. The molecule has 1 saturated heterocycles. The molecule has 2 N–H and O–H groups in total. The smallest absolute Gasteiger partial charge is 0.262 e. The predicted octanol–water partition coefficient (Wildman–Crippen LogP) is 2.26. The first-order valence-corrected chi connectivity index (χ1v) is 8.66. The summed E-state index contributed by atoms with van der Waals surface area (Å²) < 4.78 is 7.11.